The first-order valence-corrected chi connectivity index (χ1v) is 5.77. The largest absolute Gasteiger partial charge is 0.335 e. The molecule has 1 amide bonds. The molecule has 0 saturated carbocycles. The Balaban J connectivity index is 1.98. The van der Waals surface area contributed by atoms with Crippen molar-refractivity contribution in [3.8, 4) is 0 Å². The van der Waals surface area contributed by atoms with Crippen molar-refractivity contribution in [2.24, 2.45) is 0 Å². The van der Waals surface area contributed by atoms with Gasteiger partial charge in [-0.1, -0.05) is 44.8 Å². The number of carbonyl (C=O) groups is 1. The van der Waals surface area contributed by atoms with Crippen LogP contribution in [0.1, 0.15) is 45.4 Å². The van der Waals surface area contributed by atoms with Gasteiger partial charge in [0.1, 0.15) is 0 Å². The zero-order valence-electron chi connectivity index (χ0n) is 9.17. The van der Waals surface area contributed by atoms with Crippen molar-refractivity contribution in [2.75, 3.05) is 13.1 Å². The number of nitrogens with zero attached hydrogens (tertiary/aromatic N) is 1. The minimum Gasteiger partial charge on any atom is -0.335 e. The standard InChI is InChI=1S/C12H21NO/c1-2-3-4-5-6-9-12(14)13-10-7-8-11-13/h7-8H,2-6,9-11H2,1H3. The highest BCUT2D eigenvalue weighted by atomic mass is 16.2. The van der Waals surface area contributed by atoms with Gasteiger partial charge in [-0.25, -0.2) is 0 Å². The molecule has 0 fully saturated rings. The molecule has 0 bridgehead atoms. The third-order valence-electron chi connectivity index (χ3n) is 2.67. The smallest absolute Gasteiger partial charge is 0.223 e. The van der Waals surface area contributed by atoms with Crippen molar-refractivity contribution >= 4 is 5.91 Å². The summed E-state index contributed by atoms with van der Waals surface area (Å²) in [4.78, 5) is 13.5. The lowest BCUT2D eigenvalue weighted by atomic mass is 10.1. The summed E-state index contributed by atoms with van der Waals surface area (Å²) in [5, 5.41) is 0. The van der Waals surface area contributed by atoms with Crippen LogP contribution in [0, 0.1) is 0 Å². The van der Waals surface area contributed by atoms with E-state index in [1.165, 1.54) is 25.7 Å². The normalized spacial score (nSPS) is 15.1. The molecular formula is C12H21NO. The van der Waals surface area contributed by atoms with Crippen LogP contribution in [0.15, 0.2) is 12.2 Å². The van der Waals surface area contributed by atoms with Gasteiger partial charge in [0.2, 0.25) is 5.91 Å². The molecule has 0 atom stereocenters. The summed E-state index contributed by atoms with van der Waals surface area (Å²) in [6, 6.07) is 0. The fourth-order valence-electron chi connectivity index (χ4n) is 1.72. The van der Waals surface area contributed by atoms with Gasteiger partial charge < -0.3 is 4.90 Å². The molecule has 1 aliphatic heterocycles. The number of rotatable bonds is 6. The van der Waals surface area contributed by atoms with Gasteiger partial charge in [-0.3, -0.25) is 4.79 Å². The molecule has 0 aliphatic carbocycles. The van der Waals surface area contributed by atoms with Gasteiger partial charge in [0.25, 0.3) is 0 Å². The zero-order valence-corrected chi connectivity index (χ0v) is 9.17. The molecule has 0 N–H and O–H groups in total. The third kappa shape index (κ3) is 3.95. The summed E-state index contributed by atoms with van der Waals surface area (Å²) in [6.45, 7) is 3.86. The SMILES string of the molecule is CCCCCCCC(=O)N1CC=CC1. The predicted octanol–water partition coefficient (Wildman–Crippen LogP) is 2.75. The highest BCUT2D eigenvalue weighted by molar-refractivity contribution is 5.76. The second-order valence-electron chi connectivity index (χ2n) is 3.93. The van der Waals surface area contributed by atoms with Crippen molar-refractivity contribution in [2.45, 2.75) is 45.4 Å². The van der Waals surface area contributed by atoms with Crippen molar-refractivity contribution in [3.63, 3.8) is 0 Å². The first-order valence-electron chi connectivity index (χ1n) is 5.77. The molecule has 0 aromatic heterocycles. The Morgan fingerprint density at radius 1 is 1.14 bits per heavy atom. The van der Waals surface area contributed by atoms with Gasteiger partial charge in [0.15, 0.2) is 0 Å². The van der Waals surface area contributed by atoms with Crippen LogP contribution < -0.4 is 0 Å². The minimum absolute atomic E-state index is 0.325. The van der Waals surface area contributed by atoms with Crippen LogP contribution >= 0.6 is 0 Å². The zero-order chi connectivity index (χ0) is 10.2. The van der Waals surface area contributed by atoms with Crippen LogP contribution in [0.3, 0.4) is 0 Å². The molecule has 1 rings (SSSR count). The molecule has 1 aliphatic rings. The van der Waals surface area contributed by atoms with Gasteiger partial charge in [-0.2, -0.15) is 0 Å². The fraction of sp³-hybridized carbons (Fsp3) is 0.750. The topological polar surface area (TPSA) is 20.3 Å². The molecule has 14 heavy (non-hydrogen) atoms. The van der Waals surface area contributed by atoms with Crippen LogP contribution in [-0.2, 0) is 4.79 Å². The van der Waals surface area contributed by atoms with Crippen LogP contribution in [0.2, 0.25) is 0 Å². The summed E-state index contributed by atoms with van der Waals surface area (Å²) in [6.07, 6.45) is 11.0. The van der Waals surface area contributed by atoms with E-state index in [0.29, 0.717) is 5.91 Å². The molecule has 0 radical (unpaired) electrons. The monoisotopic (exact) mass is 195 g/mol. The van der Waals surface area contributed by atoms with Crippen LogP contribution in [-0.4, -0.2) is 23.9 Å². The van der Waals surface area contributed by atoms with Gasteiger partial charge in [-0.05, 0) is 6.42 Å². The van der Waals surface area contributed by atoms with Gasteiger partial charge in [0, 0.05) is 19.5 Å². The maximum absolute atomic E-state index is 11.6. The number of carbonyl (C=O) groups excluding carboxylic acids is 1. The summed E-state index contributed by atoms with van der Waals surface area (Å²) >= 11 is 0. The quantitative estimate of drug-likeness (QED) is 0.471. The van der Waals surface area contributed by atoms with E-state index in [1.54, 1.807) is 0 Å². The van der Waals surface area contributed by atoms with E-state index in [2.05, 4.69) is 19.1 Å². The second-order valence-corrected chi connectivity index (χ2v) is 3.93. The van der Waals surface area contributed by atoms with E-state index >= 15 is 0 Å². The minimum atomic E-state index is 0.325. The molecule has 2 nitrogen and oxygen atoms in total. The van der Waals surface area contributed by atoms with Gasteiger partial charge >= 0.3 is 0 Å². The first-order chi connectivity index (χ1) is 6.84. The lowest BCUT2D eigenvalue weighted by molar-refractivity contribution is -0.129. The van der Waals surface area contributed by atoms with Crippen LogP contribution in [0.25, 0.3) is 0 Å². The van der Waals surface area contributed by atoms with Crippen molar-refractivity contribution in [1.82, 2.24) is 4.90 Å². The lowest BCUT2D eigenvalue weighted by Crippen LogP contribution is -2.27. The van der Waals surface area contributed by atoms with Crippen molar-refractivity contribution < 1.29 is 4.79 Å². The predicted molar refractivity (Wildman–Crippen MR) is 59.1 cm³/mol. The molecule has 2 heteroatoms. The van der Waals surface area contributed by atoms with E-state index in [1.807, 2.05) is 4.90 Å². The molecule has 0 unspecified atom stereocenters. The third-order valence-corrected chi connectivity index (χ3v) is 2.67. The second kappa shape index (κ2) is 6.63. The summed E-state index contributed by atoms with van der Waals surface area (Å²) in [5.41, 5.74) is 0. The highest BCUT2D eigenvalue weighted by Gasteiger charge is 2.12. The first kappa shape index (κ1) is 11.3. The van der Waals surface area contributed by atoms with Crippen LogP contribution in [0.4, 0.5) is 0 Å². The summed E-state index contributed by atoms with van der Waals surface area (Å²) in [5.74, 6) is 0.325. The number of unbranched alkanes of at least 4 members (excludes halogenated alkanes) is 4. The van der Waals surface area contributed by atoms with E-state index in [9.17, 15) is 4.79 Å². The number of hydrogen-bond acceptors (Lipinski definition) is 1. The van der Waals surface area contributed by atoms with Crippen molar-refractivity contribution in [1.29, 1.82) is 0 Å². The van der Waals surface area contributed by atoms with E-state index in [4.69, 9.17) is 0 Å². The molecule has 0 saturated heterocycles. The van der Waals surface area contributed by atoms with Crippen LogP contribution in [0.5, 0.6) is 0 Å². The molecular weight excluding hydrogens is 174 g/mol. The van der Waals surface area contributed by atoms with Gasteiger partial charge in [-0.15, -0.1) is 0 Å². The summed E-state index contributed by atoms with van der Waals surface area (Å²) < 4.78 is 0. The molecule has 0 aromatic rings. The molecule has 80 valence electrons. The maximum Gasteiger partial charge on any atom is 0.223 e. The summed E-state index contributed by atoms with van der Waals surface area (Å²) in [7, 11) is 0. The molecule has 1 heterocycles. The Hall–Kier alpha value is -0.790. The molecule has 0 spiro atoms. The Labute approximate surface area is 87.0 Å². The Morgan fingerprint density at radius 2 is 1.79 bits per heavy atom. The lowest BCUT2D eigenvalue weighted by Gasteiger charge is -2.14. The van der Waals surface area contributed by atoms with Gasteiger partial charge in [0.05, 0.1) is 0 Å². The highest BCUT2D eigenvalue weighted by Crippen LogP contribution is 2.08. The number of hydrogen-bond donors (Lipinski definition) is 0. The average molecular weight is 195 g/mol. The van der Waals surface area contributed by atoms with E-state index in [0.717, 1.165) is 25.9 Å². The van der Waals surface area contributed by atoms with E-state index in [-0.39, 0.29) is 0 Å². The maximum atomic E-state index is 11.6. The van der Waals surface area contributed by atoms with E-state index < -0.39 is 0 Å². The van der Waals surface area contributed by atoms with Crippen molar-refractivity contribution in [3.05, 3.63) is 12.2 Å². The number of amides is 1. The fourth-order valence-corrected chi connectivity index (χ4v) is 1.72. The Kier molecular flexibility index (Phi) is 5.35. The average Bonchev–Trinajstić information content (AvgIpc) is 2.70. The Morgan fingerprint density at radius 3 is 2.43 bits per heavy atom. The Bertz CT molecular complexity index is 190. The molecule has 0 aromatic carbocycles.